The second-order valence-electron chi connectivity index (χ2n) is 7.98. The SMILES string of the molecule is CC1CNCCC1CNC(=O)c1cc(Cc2n[nH]c(=O)c3ccccc23)ccc1F. The van der Waals surface area contributed by atoms with E-state index in [1.807, 2.05) is 12.1 Å². The van der Waals surface area contributed by atoms with E-state index in [9.17, 15) is 14.0 Å². The molecule has 3 N–H and O–H groups in total. The minimum atomic E-state index is -0.547. The number of aromatic nitrogens is 2. The van der Waals surface area contributed by atoms with E-state index in [4.69, 9.17) is 0 Å². The Hall–Kier alpha value is -3.06. The van der Waals surface area contributed by atoms with Crippen LogP contribution in [0.1, 0.15) is 35.0 Å². The summed E-state index contributed by atoms with van der Waals surface area (Å²) in [5.41, 5.74) is 1.21. The maximum atomic E-state index is 14.4. The molecule has 4 rings (SSSR count). The van der Waals surface area contributed by atoms with Crippen LogP contribution in [0.25, 0.3) is 10.8 Å². The third-order valence-electron chi connectivity index (χ3n) is 5.91. The summed E-state index contributed by atoms with van der Waals surface area (Å²) in [6.07, 6.45) is 1.37. The Kier molecular flexibility index (Phi) is 5.90. The Bertz CT molecular complexity index is 1130. The number of carbonyl (C=O) groups excluding carboxylic acids is 1. The fourth-order valence-corrected chi connectivity index (χ4v) is 4.05. The Balaban J connectivity index is 1.53. The molecular formula is C23H25FN4O2. The van der Waals surface area contributed by atoms with Crippen molar-refractivity contribution in [2.75, 3.05) is 19.6 Å². The van der Waals surface area contributed by atoms with Gasteiger partial charge in [-0.2, -0.15) is 5.10 Å². The number of aromatic amines is 1. The molecule has 2 unspecified atom stereocenters. The number of fused-ring (bicyclic) bond motifs is 1. The van der Waals surface area contributed by atoms with Crippen LogP contribution in [-0.2, 0) is 6.42 Å². The smallest absolute Gasteiger partial charge is 0.272 e. The van der Waals surface area contributed by atoms with E-state index in [-0.39, 0.29) is 11.1 Å². The maximum Gasteiger partial charge on any atom is 0.272 e. The summed E-state index contributed by atoms with van der Waals surface area (Å²) in [5, 5.41) is 14.2. The van der Waals surface area contributed by atoms with Gasteiger partial charge in [0, 0.05) is 18.4 Å². The van der Waals surface area contributed by atoms with Gasteiger partial charge in [0.1, 0.15) is 5.82 Å². The summed E-state index contributed by atoms with van der Waals surface area (Å²) in [6.45, 7) is 4.57. The Morgan fingerprint density at radius 3 is 2.83 bits per heavy atom. The molecule has 0 spiro atoms. The summed E-state index contributed by atoms with van der Waals surface area (Å²) in [7, 11) is 0. The van der Waals surface area contributed by atoms with Gasteiger partial charge in [0.15, 0.2) is 0 Å². The Labute approximate surface area is 173 Å². The van der Waals surface area contributed by atoms with E-state index >= 15 is 0 Å². The Morgan fingerprint density at radius 2 is 2.03 bits per heavy atom. The average molecular weight is 408 g/mol. The highest BCUT2D eigenvalue weighted by Gasteiger charge is 2.22. The number of nitrogens with one attached hydrogen (secondary N) is 3. The van der Waals surface area contributed by atoms with Crippen molar-refractivity contribution in [3.8, 4) is 0 Å². The summed E-state index contributed by atoms with van der Waals surface area (Å²) >= 11 is 0. The quantitative estimate of drug-likeness (QED) is 0.606. The van der Waals surface area contributed by atoms with Gasteiger partial charge in [-0.1, -0.05) is 31.2 Å². The van der Waals surface area contributed by atoms with Crippen molar-refractivity contribution in [3.05, 3.63) is 75.5 Å². The summed E-state index contributed by atoms with van der Waals surface area (Å²) < 4.78 is 14.4. The lowest BCUT2D eigenvalue weighted by molar-refractivity contribution is 0.0934. The molecule has 1 aliphatic rings. The second-order valence-corrected chi connectivity index (χ2v) is 7.98. The third-order valence-corrected chi connectivity index (χ3v) is 5.91. The monoisotopic (exact) mass is 408 g/mol. The molecule has 0 bridgehead atoms. The van der Waals surface area contributed by atoms with Gasteiger partial charge in [0.2, 0.25) is 0 Å². The Morgan fingerprint density at radius 1 is 1.23 bits per heavy atom. The average Bonchev–Trinajstić information content (AvgIpc) is 2.76. The normalized spacial score (nSPS) is 19.0. The zero-order valence-electron chi connectivity index (χ0n) is 16.9. The van der Waals surface area contributed by atoms with Gasteiger partial charge in [-0.25, -0.2) is 9.49 Å². The highest BCUT2D eigenvalue weighted by Crippen LogP contribution is 2.20. The number of hydrogen-bond acceptors (Lipinski definition) is 4. The van der Waals surface area contributed by atoms with Gasteiger partial charge in [0.25, 0.3) is 11.5 Å². The molecule has 2 heterocycles. The topological polar surface area (TPSA) is 86.9 Å². The van der Waals surface area contributed by atoms with Gasteiger partial charge >= 0.3 is 0 Å². The zero-order valence-corrected chi connectivity index (χ0v) is 16.9. The van der Waals surface area contributed by atoms with Gasteiger partial charge in [-0.3, -0.25) is 9.59 Å². The molecule has 2 atom stereocenters. The van der Waals surface area contributed by atoms with Gasteiger partial charge in [-0.05, 0) is 55.1 Å². The van der Waals surface area contributed by atoms with Gasteiger partial charge in [0.05, 0.1) is 16.6 Å². The van der Waals surface area contributed by atoms with Crippen LogP contribution in [-0.4, -0.2) is 35.7 Å². The van der Waals surface area contributed by atoms with Crippen molar-refractivity contribution in [1.82, 2.24) is 20.8 Å². The lowest BCUT2D eigenvalue weighted by Crippen LogP contribution is -2.41. The van der Waals surface area contributed by atoms with Gasteiger partial charge in [-0.15, -0.1) is 0 Å². The molecule has 1 amide bonds. The van der Waals surface area contributed by atoms with Crippen LogP contribution in [0.5, 0.6) is 0 Å². The van der Waals surface area contributed by atoms with Crippen molar-refractivity contribution in [2.45, 2.75) is 19.8 Å². The minimum Gasteiger partial charge on any atom is -0.352 e. The molecule has 6 nitrogen and oxygen atoms in total. The van der Waals surface area contributed by atoms with Crippen molar-refractivity contribution in [3.63, 3.8) is 0 Å². The molecular weight excluding hydrogens is 383 g/mol. The van der Waals surface area contributed by atoms with Crippen LogP contribution in [0.2, 0.25) is 0 Å². The molecule has 3 aromatic rings. The minimum absolute atomic E-state index is 0.0304. The summed E-state index contributed by atoms with van der Waals surface area (Å²) in [5.74, 6) is -0.0961. The first kappa shape index (κ1) is 20.2. The fourth-order valence-electron chi connectivity index (χ4n) is 4.05. The van der Waals surface area contributed by atoms with E-state index < -0.39 is 11.7 Å². The van der Waals surface area contributed by atoms with E-state index in [1.54, 1.807) is 24.3 Å². The lowest BCUT2D eigenvalue weighted by atomic mass is 9.88. The second kappa shape index (κ2) is 8.75. The van der Waals surface area contributed by atoms with Crippen LogP contribution >= 0.6 is 0 Å². The number of nitrogens with zero attached hydrogens (tertiary/aromatic N) is 1. The third kappa shape index (κ3) is 4.26. The number of rotatable bonds is 5. The van der Waals surface area contributed by atoms with Crippen molar-refractivity contribution < 1.29 is 9.18 Å². The van der Waals surface area contributed by atoms with E-state index in [2.05, 4.69) is 27.8 Å². The molecule has 30 heavy (non-hydrogen) atoms. The number of halogens is 1. The zero-order chi connectivity index (χ0) is 21.1. The van der Waals surface area contributed by atoms with E-state index in [0.29, 0.717) is 35.9 Å². The predicted octanol–water partition coefficient (Wildman–Crippen LogP) is 2.63. The van der Waals surface area contributed by atoms with Crippen molar-refractivity contribution in [1.29, 1.82) is 0 Å². The molecule has 2 aromatic carbocycles. The molecule has 1 saturated heterocycles. The number of hydrogen-bond donors (Lipinski definition) is 3. The first-order chi connectivity index (χ1) is 14.5. The lowest BCUT2D eigenvalue weighted by Gasteiger charge is -2.29. The standard InChI is InChI=1S/C23H25FN4O2/c1-14-12-25-9-8-16(14)13-26-22(29)19-10-15(6-7-20(19)24)11-21-17-4-2-3-5-18(17)23(30)28-27-21/h2-7,10,14,16,25H,8-9,11-13H2,1H3,(H,26,29)(H,28,30). The molecule has 0 saturated carbocycles. The van der Waals surface area contributed by atoms with Gasteiger partial charge < -0.3 is 10.6 Å². The van der Waals surface area contributed by atoms with Crippen LogP contribution in [0.15, 0.2) is 47.3 Å². The fraction of sp³-hybridized carbons (Fsp3) is 0.348. The maximum absolute atomic E-state index is 14.4. The molecule has 1 fully saturated rings. The largest absolute Gasteiger partial charge is 0.352 e. The number of piperidine rings is 1. The van der Waals surface area contributed by atoms with Crippen molar-refractivity contribution in [2.24, 2.45) is 11.8 Å². The number of H-pyrrole nitrogens is 1. The molecule has 7 heteroatoms. The first-order valence-corrected chi connectivity index (χ1v) is 10.3. The number of amides is 1. The van der Waals surface area contributed by atoms with Crippen LogP contribution < -0.4 is 16.2 Å². The van der Waals surface area contributed by atoms with Crippen molar-refractivity contribution >= 4 is 16.7 Å². The number of benzene rings is 2. The molecule has 1 aliphatic heterocycles. The molecule has 0 aliphatic carbocycles. The molecule has 156 valence electrons. The highest BCUT2D eigenvalue weighted by molar-refractivity contribution is 5.94. The molecule has 1 aromatic heterocycles. The van der Waals surface area contributed by atoms with E-state index in [0.717, 1.165) is 30.5 Å². The highest BCUT2D eigenvalue weighted by atomic mass is 19.1. The number of carbonyl (C=O) groups is 1. The van der Waals surface area contributed by atoms with Crippen LogP contribution in [0, 0.1) is 17.7 Å². The van der Waals surface area contributed by atoms with Crippen LogP contribution in [0.3, 0.4) is 0 Å². The first-order valence-electron chi connectivity index (χ1n) is 10.3. The summed E-state index contributed by atoms with van der Waals surface area (Å²) in [6, 6.07) is 11.7. The van der Waals surface area contributed by atoms with Crippen LogP contribution in [0.4, 0.5) is 4.39 Å². The summed E-state index contributed by atoms with van der Waals surface area (Å²) in [4.78, 5) is 24.6. The molecule has 0 radical (unpaired) electrons. The van der Waals surface area contributed by atoms with E-state index in [1.165, 1.54) is 6.07 Å². The predicted molar refractivity (Wildman–Crippen MR) is 114 cm³/mol.